The average Bonchev–Trinajstić information content (AvgIpc) is 2.77. The van der Waals surface area contributed by atoms with E-state index in [2.05, 4.69) is 15.4 Å². The van der Waals surface area contributed by atoms with Gasteiger partial charge in [0.15, 0.2) is 5.82 Å². The fourth-order valence-electron chi connectivity index (χ4n) is 1.56. The number of nitrogens with one attached hydrogen (secondary N) is 1. The summed E-state index contributed by atoms with van der Waals surface area (Å²) in [6, 6.07) is 0. The van der Waals surface area contributed by atoms with Crippen LogP contribution in [0, 0.1) is 0 Å². The zero-order chi connectivity index (χ0) is 10.7. The van der Waals surface area contributed by atoms with Gasteiger partial charge in [-0.1, -0.05) is 0 Å². The van der Waals surface area contributed by atoms with Gasteiger partial charge in [0.05, 0.1) is 6.61 Å². The Morgan fingerprint density at radius 1 is 1.80 bits per heavy atom. The van der Waals surface area contributed by atoms with Crippen LogP contribution in [0.25, 0.3) is 0 Å². The van der Waals surface area contributed by atoms with Gasteiger partial charge in [-0.05, 0) is 6.92 Å². The molecular weight excluding hydrogens is 196 g/mol. The lowest BCUT2D eigenvalue weighted by Gasteiger charge is -2.21. The van der Waals surface area contributed by atoms with Gasteiger partial charge in [0.1, 0.15) is 12.4 Å². The van der Waals surface area contributed by atoms with Crippen LogP contribution in [0.1, 0.15) is 17.5 Å². The van der Waals surface area contributed by atoms with Crippen LogP contribution < -0.4 is 5.32 Å². The van der Waals surface area contributed by atoms with Crippen molar-refractivity contribution in [1.29, 1.82) is 0 Å². The molecule has 0 saturated carbocycles. The number of morpholine rings is 1. The summed E-state index contributed by atoms with van der Waals surface area (Å²) in [6.07, 6.45) is 0.973. The molecule has 1 N–H and O–H groups in total. The van der Waals surface area contributed by atoms with Crippen LogP contribution in [-0.2, 0) is 11.3 Å². The van der Waals surface area contributed by atoms with Gasteiger partial charge >= 0.3 is 0 Å². The van der Waals surface area contributed by atoms with Crippen molar-refractivity contribution < 1.29 is 9.53 Å². The molecule has 0 amide bonds. The van der Waals surface area contributed by atoms with Gasteiger partial charge in [-0.25, -0.2) is 9.67 Å². The average molecular weight is 210 g/mol. The van der Waals surface area contributed by atoms with Crippen LogP contribution in [-0.4, -0.2) is 46.3 Å². The summed E-state index contributed by atoms with van der Waals surface area (Å²) in [5, 5.41) is 7.07. The number of aryl methyl sites for hydroxylation is 1. The highest BCUT2D eigenvalue weighted by Crippen LogP contribution is 2.05. The molecule has 82 valence electrons. The lowest BCUT2D eigenvalue weighted by atomic mass is 10.2. The first kappa shape index (κ1) is 10.3. The van der Waals surface area contributed by atoms with Gasteiger partial charge in [-0.15, -0.1) is 0 Å². The summed E-state index contributed by atoms with van der Waals surface area (Å²) >= 11 is 0. The van der Waals surface area contributed by atoms with Crippen molar-refractivity contribution in [3.8, 4) is 0 Å². The maximum atomic E-state index is 12.0. The first-order valence-electron chi connectivity index (χ1n) is 5.07. The predicted molar refractivity (Wildman–Crippen MR) is 52.6 cm³/mol. The van der Waals surface area contributed by atoms with E-state index in [9.17, 15) is 4.79 Å². The Bertz CT molecular complexity index is 344. The number of Topliss-reactive ketones (excluding diaryl/α,β-unsaturated/α-hetero) is 1. The number of ether oxygens (including phenoxy) is 1. The number of hydrogen-bond donors (Lipinski definition) is 1. The zero-order valence-corrected chi connectivity index (χ0v) is 8.64. The van der Waals surface area contributed by atoms with Crippen molar-refractivity contribution in [1.82, 2.24) is 20.1 Å². The second-order valence-corrected chi connectivity index (χ2v) is 3.33. The Balaban J connectivity index is 2.12. The lowest BCUT2D eigenvalue weighted by Crippen LogP contribution is -2.43. The van der Waals surface area contributed by atoms with Crippen molar-refractivity contribution in [3.05, 3.63) is 12.2 Å². The summed E-state index contributed by atoms with van der Waals surface area (Å²) < 4.78 is 6.95. The van der Waals surface area contributed by atoms with Gasteiger partial charge in [0, 0.05) is 19.6 Å². The third-order valence-electron chi connectivity index (χ3n) is 2.36. The summed E-state index contributed by atoms with van der Waals surface area (Å²) in [5.41, 5.74) is 0. The molecule has 0 bridgehead atoms. The van der Waals surface area contributed by atoms with Gasteiger partial charge in [0.2, 0.25) is 5.78 Å². The third kappa shape index (κ3) is 2.05. The molecule has 2 heterocycles. The first-order chi connectivity index (χ1) is 7.33. The number of carbonyl (C=O) groups excluding carboxylic acids is 1. The van der Waals surface area contributed by atoms with E-state index >= 15 is 0 Å². The Labute approximate surface area is 87.6 Å². The fraction of sp³-hybridized carbons (Fsp3) is 0.667. The number of aromatic nitrogens is 3. The van der Waals surface area contributed by atoms with Crippen LogP contribution in [0.3, 0.4) is 0 Å². The molecule has 1 fully saturated rings. The monoisotopic (exact) mass is 210 g/mol. The molecule has 1 aromatic heterocycles. The van der Waals surface area contributed by atoms with E-state index in [0.29, 0.717) is 25.5 Å². The van der Waals surface area contributed by atoms with Crippen molar-refractivity contribution in [2.45, 2.75) is 19.6 Å². The second-order valence-electron chi connectivity index (χ2n) is 3.33. The minimum absolute atomic E-state index is 0.0958. The van der Waals surface area contributed by atoms with Crippen LogP contribution in [0.15, 0.2) is 6.33 Å². The second kappa shape index (κ2) is 4.50. The SMILES string of the molecule is CCn1ncnc1C(=O)C1CNCCO1. The van der Waals surface area contributed by atoms with E-state index in [1.54, 1.807) is 4.68 Å². The number of ketones is 1. The molecule has 15 heavy (non-hydrogen) atoms. The Hall–Kier alpha value is -1.27. The molecular formula is C9H14N4O2. The minimum Gasteiger partial charge on any atom is -0.367 e. The van der Waals surface area contributed by atoms with E-state index in [1.165, 1.54) is 6.33 Å². The third-order valence-corrected chi connectivity index (χ3v) is 2.36. The molecule has 6 heteroatoms. The van der Waals surface area contributed by atoms with Gasteiger partial charge in [-0.3, -0.25) is 4.79 Å². The van der Waals surface area contributed by atoms with E-state index < -0.39 is 6.10 Å². The molecule has 0 spiro atoms. The molecule has 0 aromatic carbocycles. The Morgan fingerprint density at radius 3 is 3.33 bits per heavy atom. The van der Waals surface area contributed by atoms with Crippen LogP contribution in [0.5, 0.6) is 0 Å². The molecule has 1 saturated heterocycles. The van der Waals surface area contributed by atoms with Gasteiger partial charge in [-0.2, -0.15) is 5.10 Å². The van der Waals surface area contributed by atoms with E-state index in [1.807, 2.05) is 6.92 Å². The molecule has 0 radical (unpaired) electrons. The molecule has 2 rings (SSSR count). The van der Waals surface area contributed by atoms with Crippen LogP contribution in [0.2, 0.25) is 0 Å². The summed E-state index contributed by atoms with van der Waals surface area (Å²) in [5.74, 6) is 0.285. The van der Waals surface area contributed by atoms with Crippen LogP contribution in [0.4, 0.5) is 0 Å². The van der Waals surface area contributed by atoms with E-state index in [-0.39, 0.29) is 5.78 Å². The Morgan fingerprint density at radius 2 is 2.67 bits per heavy atom. The quantitative estimate of drug-likeness (QED) is 0.679. The van der Waals surface area contributed by atoms with E-state index in [0.717, 1.165) is 6.54 Å². The predicted octanol–water partition coefficient (Wildman–Crippen LogP) is -0.531. The smallest absolute Gasteiger partial charge is 0.229 e. The molecule has 1 aromatic rings. The normalized spacial score (nSPS) is 21.5. The van der Waals surface area contributed by atoms with Crippen molar-refractivity contribution in [2.24, 2.45) is 0 Å². The Kier molecular flexibility index (Phi) is 3.08. The molecule has 1 aliphatic heterocycles. The number of rotatable bonds is 3. The molecule has 0 aliphatic carbocycles. The number of hydrogen-bond acceptors (Lipinski definition) is 5. The topological polar surface area (TPSA) is 69.0 Å². The summed E-state index contributed by atoms with van der Waals surface area (Å²) in [7, 11) is 0. The van der Waals surface area contributed by atoms with Crippen LogP contribution >= 0.6 is 0 Å². The van der Waals surface area contributed by atoms with Crippen molar-refractivity contribution in [2.75, 3.05) is 19.7 Å². The molecule has 1 atom stereocenters. The lowest BCUT2D eigenvalue weighted by molar-refractivity contribution is 0.0257. The minimum atomic E-state index is -0.423. The van der Waals surface area contributed by atoms with Gasteiger partial charge < -0.3 is 10.1 Å². The maximum Gasteiger partial charge on any atom is 0.229 e. The van der Waals surface area contributed by atoms with Crippen molar-refractivity contribution in [3.63, 3.8) is 0 Å². The molecule has 6 nitrogen and oxygen atoms in total. The van der Waals surface area contributed by atoms with Crippen molar-refractivity contribution >= 4 is 5.78 Å². The number of carbonyl (C=O) groups is 1. The standard InChI is InChI=1S/C9H14N4O2/c1-2-13-9(11-6-12-13)8(14)7-5-10-3-4-15-7/h6-7,10H,2-5H2,1H3. The highest BCUT2D eigenvalue weighted by atomic mass is 16.5. The first-order valence-corrected chi connectivity index (χ1v) is 5.07. The highest BCUT2D eigenvalue weighted by molar-refractivity contribution is 5.96. The zero-order valence-electron chi connectivity index (χ0n) is 8.64. The molecule has 1 unspecified atom stereocenters. The van der Waals surface area contributed by atoms with Gasteiger partial charge in [0.25, 0.3) is 0 Å². The van der Waals surface area contributed by atoms with E-state index in [4.69, 9.17) is 4.74 Å². The number of nitrogens with zero attached hydrogens (tertiary/aromatic N) is 3. The largest absolute Gasteiger partial charge is 0.367 e. The summed E-state index contributed by atoms with van der Waals surface area (Å²) in [4.78, 5) is 15.9. The maximum absolute atomic E-state index is 12.0. The fourth-order valence-corrected chi connectivity index (χ4v) is 1.56. The summed E-state index contributed by atoms with van der Waals surface area (Å²) in [6.45, 7) is 4.48. The highest BCUT2D eigenvalue weighted by Gasteiger charge is 2.26. The molecule has 1 aliphatic rings.